The van der Waals surface area contributed by atoms with Gasteiger partial charge in [-0.2, -0.15) is 0 Å². The minimum absolute atomic E-state index is 0.195. The van der Waals surface area contributed by atoms with Crippen LogP contribution in [0.1, 0.15) is 12.7 Å². The summed E-state index contributed by atoms with van der Waals surface area (Å²) in [6.45, 7) is 1.84. The molecule has 0 spiro atoms. The van der Waals surface area contributed by atoms with Gasteiger partial charge in [-0.1, -0.05) is 0 Å². The fourth-order valence-electron chi connectivity index (χ4n) is 0.826. The molecule has 0 aromatic carbocycles. The van der Waals surface area contributed by atoms with E-state index in [4.69, 9.17) is 4.42 Å². The van der Waals surface area contributed by atoms with E-state index in [9.17, 15) is 9.18 Å². The molecular weight excluding hydrogens is 207 g/mol. The van der Waals surface area contributed by atoms with Crippen molar-refractivity contribution in [1.29, 1.82) is 0 Å². The van der Waals surface area contributed by atoms with E-state index in [1.807, 2.05) is 0 Å². The Hall–Kier alpha value is -0.970. The van der Waals surface area contributed by atoms with Gasteiger partial charge in [0.15, 0.2) is 0 Å². The van der Waals surface area contributed by atoms with Crippen LogP contribution < -0.4 is 0 Å². The highest BCUT2D eigenvalue weighted by Crippen LogP contribution is 2.20. The number of thioether (sulfide) groups is 1. The van der Waals surface area contributed by atoms with Gasteiger partial charge in [-0.05, 0) is 19.1 Å². The van der Waals surface area contributed by atoms with E-state index >= 15 is 0 Å². The highest BCUT2D eigenvalue weighted by Gasteiger charge is 2.19. The first-order valence-electron chi connectivity index (χ1n) is 4.18. The minimum Gasteiger partial charge on any atom is -0.468 e. The van der Waals surface area contributed by atoms with E-state index in [0.717, 1.165) is 11.8 Å². The summed E-state index contributed by atoms with van der Waals surface area (Å²) >= 11 is 0.847. The van der Waals surface area contributed by atoms with Crippen molar-refractivity contribution in [2.24, 2.45) is 0 Å². The number of halogens is 1. The van der Waals surface area contributed by atoms with E-state index < -0.39 is 11.5 Å². The molecule has 1 unspecified atom stereocenters. The van der Waals surface area contributed by atoms with Crippen molar-refractivity contribution in [3.05, 3.63) is 24.2 Å². The number of carbonyl (C=O) groups is 1. The molecule has 0 bridgehead atoms. The molecule has 78 valence electrons. The van der Waals surface area contributed by atoms with Crippen LogP contribution >= 0.6 is 11.8 Å². The quantitative estimate of drug-likeness (QED) is 0.711. The van der Waals surface area contributed by atoms with E-state index in [2.05, 4.69) is 4.74 Å². The van der Waals surface area contributed by atoms with Gasteiger partial charge in [0.05, 0.1) is 18.6 Å². The molecule has 1 aromatic heterocycles. The molecule has 0 saturated carbocycles. The Bertz CT molecular complexity index is 274. The van der Waals surface area contributed by atoms with Gasteiger partial charge in [0.2, 0.25) is 5.50 Å². The van der Waals surface area contributed by atoms with Crippen LogP contribution in [0.3, 0.4) is 0 Å². The van der Waals surface area contributed by atoms with Gasteiger partial charge in [0.1, 0.15) is 5.76 Å². The molecular formula is C9H11FO3S. The van der Waals surface area contributed by atoms with Crippen molar-refractivity contribution in [3.63, 3.8) is 0 Å². The smallest absolute Gasteiger partial charge is 0.351 e. The lowest BCUT2D eigenvalue weighted by Gasteiger charge is -2.05. The summed E-state index contributed by atoms with van der Waals surface area (Å²) in [5.41, 5.74) is -1.64. The van der Waals surface area contributed by atoms with Crippen molar-refractivity contribution in [1.82, 2.24) is 0 Å². The molecule has 0 fully saturated rings. The van der Waals surface area contributed by atoms with Gasteiger partial charge in [-0.3, -0.25) is 0 Å². The molecule has 0 aliphatic rings. The average Bonchev–Trinajstić information content (AvgIpc) is 2.67. The minimum atomic E-state index is -1.64. The van der Waals surface area contributed by atoms with E-state index in [-0.39, 0.29) is 6.61 Å². The van der Waals surface area contributed by atoms with Gasteiger partial charge in [-0.15, -0.1) is 11.8 Å². The molecule has 1 heterocycles. The van der Waals surface area contributed by atoms with Crippen molar-refractivity contribution in [2.75, 3.05) is 6.61 Å². The van der Waals surface area contributed by atoms with Crippen LogP contribution in [0.15, 0.2) is 22.8 Å². The molecule has 1 atom stereocenters. The third kappa shape index (κ3) is 3.41. The average molecular weight is 218 g/mol. The highest BCUT2D eigenvalue weighted by atomic mass is 32.2. The van der Waals surface area contributed by atoms with Gasteiger partial charge >= 0.3 is 5.97 Å². The lowest BCUT2D eigenvalue weighted by atomic mass is 10.5. The number of hydrogen-bond donors (Lipinski definition) is 0. The largest absolute Gasteiger partial charge is 0.468 e. The normalized spacial score (nSPS) is 12.4. The van der Waals surface area contributed by atoms with E-state index in [0.29, 0.717) is 11.5 Å². The zero-order chi connectivity index (χ0) is 10.4. The lowest BCUT2D eigenvalue weighted by Crippen LogP contribution is -2.15. The first-order chi connectivity index (χ1) is 6.74. The Morgan fingerprint density at radius 2 is 2.57 bits per heavy atom. The summed E-state index contributed by atoms with van der Waals surface area (Å²) in [7, 11) is 0. The topological polar surface area (TPSA) is 39.4 Å². The van der Waals surface area contributed by atoms with Crippen LogP contribution in [0.5, 0.6) is 0 Å². The second-order valence-electron chi connectivity index (χ2n) is 2.46. The van der Waals surface area contributed by atoms with Crippen molar-refractivity contribution >= 4 is 17.7 Å². The Morgan fingerprint density at radius 1 is 1.79 bits per heavy atom. The summed E-state index contributed by atoms with van der Waals surface area (Å²) in [6.07, 6.45) is 1.51. The number of carbonyl (C=O) groups excluding carboxylic acids is 1. The van der Waals surface area contributed by atoms with Crippen molar-refractivity contribution in [3.8, 4) is 0 Å². The van der Waals surface area contributed by atoms with Gasteiger partial charge in [0, 0.05) is 0 Å². The summed E-state index contributed by atoms with van der Waals surface area (Å²) in [5.74, 6) is 0.137. The molecule has 1 rings (SSSR count). The predicted molar refractivity (Wildman–Crippen MR) is 51.5 cm³/mol. The van der Waals surface area contributed by atoms with E-state index in [1.165, 1.54) is 6.26 Å². The second kappa shape index (κ2) is 5.70. The number of furan rings is 1. The Balaban J connectivity index is 2.27. The molecule has 14 heavy (non-hydrogen) atoms. The summed E-state index contributed by atoms with van der Waals surface area (Å²) in [5, 5.41) is 0. The molecule has 0 aliphatic heterocycles. The van der Waals surface area contributed by atoms with Crippen LogP contribution in [0.4, 0.5) is 4.39 Å². The molecule has 0 saturated heterocycles. The van der Waals surface area contributed by atoms with Crippen LogP contribution in [0.2, 0.25) is 0 Å². The Kier molecular flexibility index (Phi) is 4.52. The maximum atomic E-state index is 13.0. The standard InChI is InChI=1S/C9H11FO3S/c1-2-12-9(11)8(10)14-6-7-4-3-5-13-7/h3-5,8H,2,6H2,1H3. The van der Waals surface area contributed by atoms with E-state index in [1.54, 1.807) is 19.1 Å². The van der Waals surface area contributed by atoms with Crippen LogP contribution in [-0.2, 0) is 15.3 Å². The number of rotatable bonds is 5. The fraction of sp³-hybridized carbons (Fsp3) is 0.444. The zero-order valence-corrected chi connectivity index (χ0v) is 8.55. The van der Waals surface area contributed by atoms with Gasteiger partial charge in [0.25, 0.3) is 0 Å². The molecule has 0 aliphatic carbocycles. The lowest BCUT2D eigenvalue weighted by molar-refractivity contribution is -0.145. The van der Waals surface area contributed by atoms with Crippen molar-refractivity contribution in [2.45, 2.75) is 18.2 Å². The fourth-order valence-corrected chi connectivity index (χ4v) is 1.50. The summed E-state index contributed by atoms with van der Waals surface area (Å²) in [6, 6.07) is 3.44. The summed E-state index contributed by atoms with van der Waals surface area (Å²) in [4.78, 5) is 10.9. The molecule has 0 N–H and O–H groups in total. The van der Waals surface area contributed by atoms with Gasteiger partial charge < -0.3 is 9.15 Å². The molecule has 0 amide bonds. The van der Waals surface area contributed by atoms with Gasteiger partial charge in [-0.25, -0.2) is 9.18 Å². The van der Waals surface area contributed by atoms with Crippen LogP contribution in [0, 0.1) is 0 Å². The number of alkyl halides is 1. The SMILES string of the molecule is CCOC(=O)C(F)SCc1ccco1. The second-order valence-corrected chi connectivity index (χ2v) is 3.49. The maximum absolute atomic E-state index is 13.0. The summed E-state index contributed by atoms with van der Waals surface area (Å²) < 4.78 is 22.5. The first-order valence-corrected chi connectivity index (χ1v) is 5.23. The highest BCUT2D eigenvalue weighted by molar-refractivity contribution is 7.99. The third-order valence-corrected chi connectivity index (χ3v) is 2.36. The number of ether oxygens (including phenoxy) is 1. The molecule has 3 nitrogen and oxygen atoms in total. The maximum Gasteiger partial charge on any atom is 0.351 e. The van der Waals surface area contributed by atoms with Crippen molar-refractivity contribution < 1.29 is 18.3 Å². The Morgan fingerprint density at radius 3 is 3.14 bits per heavy atom. The first kappa shape index (κ1) is 11.1. The molecule has 5 heteroatoms. The van der Waals surface area contributed by atoms with Crippen LogP contribution in [0.25, 0.3) is 0 Å². The van der Waals surface area contributed by atoms with Crippen LogP contribution in [-0.4, -0.2) is 18.1 Å². The third-order valence-electron chi connectivity index (χ3n) is 1.42. The molecule has 0 radical (unpaired) electrons. The zero-order valence-electron chi connectivity index (χ0n) is 7.73. The number of hydrogen-bond acceptors (Lipinski definition) is 4. The Labute approximate surface area is 85.6 Å². The number of esters is 1. The monoisotopic (exact) mass is 218 g/mol. The molecule has 1 aromatic rings. The predicted octanol–water partition coefficient (Wildman–Crippen LogP) is 2.37.